The van der Waals surface area contributed by atoms with Gasteiger partial charge in [-0.2, -0.15) is 0 Å². The van der Waals surface area contributed by atoms with Crippen molar-refractivity contribution >= 4 is 5.97 Å². The topological polar surface area (TPSA) is 335 Å². The fourth-order valence-electron chi connectivity index (χ4n) is 15.0. The number of rotatable bonds is 9. The molecule has 20 nitrogen and oxygen atoms in total. The van der Waals surface area contributed by atoms with Crippen LogP contribution in [0.4, 0.5) is 0 Å². The molecule has 0 radical (unpaired) electrons. The van der Waals surface area contributed by atoms with Gasteiger partial charge in [0.15, 0.2) is 12.6 Å². The van der Waals surface area contributed by atoms with Crippen LogP contribution in [0.2, 0.25) is 0 Å². The second kappa shape index (κ2) is 18.5. The maximum Gasteiger partial charge on any atom is 0.315 e. The monoisotopic (exact) mass is 975 g/mol. The normalized spacial score (nSPS) is 55.7. The summed E-state index contributed by atoms with van der Waals surface area (Å²) in [5.74, 6) is -1.78. The van der Waals surface area contributed by atoms with Gasteiger partial charge in [0.05, 0.1) is 49.7 Å². The van der Waals surface area contributed by atoms with Crippen LogP contribution < -0.4 is 0 Å². The van der Waals surface area contributed by atoms with Crippen molar-refractivity contribution in [1.29, 1.82) is 0 Å². The van der Waals surface area contributed by atoms with Gasteiger partial charge >= 0.3 is 5.97 Å². The molecule has 3 aliphatic heterocycles. The smallest absolute Gasteiger partial charge is 0.315 e. The molecule has 5 unspecified atom stereocenters. The third-order valence-electron chi connectivity index (χ3n) is 19.8. The summed E-state index contributed by atoms with van der Waals surface area (Å²) in [4.78, 5) is 14.8. The summed E-state index contributed by atoms with van der Waals surface area (Å²) in [5, 5.41) is 141. The molecular formula is C48H78O20. The Morgan fingerprint density at radius 1 is 0.662 bits per heavy atom. The van der Waals surface area contributed by atoms with E-state index >= 15 is 0 Å². The van der Waals surface area contributed by atoms with Gasteiger partial charge in [-0.1, -0.05) is 53.2 Å². The molecule has 8 aliphatic rings. The molecular weight excluding hydrogens is 897 g/mol. The van der Waals surface area contributed by atoms with Crippen molar-refractivity contribution < 1.29 is 99.6 Å². The summed E-state index contributed by atoms with van der Waals surface area (Å²) in [6, 6.07) is 0. The van der Waals surface area contributed by atoms with E-state index in [0.717, 1.165) is 5.57 Å². The van der Waals surface area contributed by atoms with Crippen LogP contribution in [0.3, 0.4) is 0 Å². The molecule has 0 aromatic heterocycles. The van der Waals surface area contributed by atoms with E-state index in [-0.39, 0.29) is 31.3 Å². The number of hydrogen-bond donors (Lipinski definition) is 13. The highest BCUT2D eigenvalue weighted by Gasteiger charge is 2.73. The van der Waals surface area contributed by atoms with Gasteiger partial charge in [0, 0.05) is 16.7 Å². The number of allylic oxidation sites excluding steroid dienone is 1. The van der Waals surface area contributed by atoms with Crippen LogP contribution >= 0.6 is 0 Å². The molecule has 0 aromatic carbocycles. The molecule has 4 saturated carbocycles. The van der Waals surface area contributed by atoms with Gasteiger partial charge in [-0.15, -0.1) is 0 Å². The van der Waals surface area contributed by atoms with E-state index in [2.05, 4.69) is 26.8 Å². The zero-order chi connectivity index (χ0) is 50.0. The minimum Gasteiger partial charge on any atom is -0.432 e. The van der Waals surface area contributed by atoms with Crippen molar-refractivity contribution in [3.63, 3.8) is 0 Å². The summed E-state index contributed by atoms with van der Waals surface area (Å²) in [6.45, 7) is 12.0. The Morgan fingerprint density at radius 3 is 1.90 bits per heavy atom. The second-order valence-corrected chi connectivity index (χ2v) is 23.3. The molecule has 26 atom stereocenters. The first kappa shape index (κ1) is 52.8. The molecule has 0 aromatic rings. The number of hydrogen-bond acceptors (Lipinski definition) is 20. The van der Waals surface area contributed by atoms with Gasteiger partial charge in [-0.25, -0.2) is 0 Å². The van der Waals surface area contributed by atoms with E-state index in [9.17, 15) is 71.2 Å². The van der Waals surface area contributed by atoms with Crippen LogP contribution in [0.1, 0.15) is 99.8 Å². The molecule has 68 heavy (non-hydrogen) atoms. The Balaban J connectivity index is 1.08. The predicted octanol–water partition coefficient (Wildman–Crippen LogP) is -1.92. The first-order valence-corrected chi connectivity index (χ1v) is 24.6. The largest absolute Gasteiger partial charge is 0.432 e. The van der Waals surface area contributed by atoms with Crippen molar-refractivity contribution in [3.05, 3.63) is 11.6 Å². The van der Waals surface area contributed by atoms with Gasteiger partial charge in [0.2, 0.25) is 6.29 Å². The molecule has 7 fully saturated rings. The molecule has 390 valence electrons. The van der Waals surface area contributed by atoms with E-state index in [1.807, 2.05) is 6.92 Å². The molecule has 20 heteroatoms. The first-order valence-electron chi connectivity index (χ1n) is 24.6. The maximum atomic E-state index is 14.8. The molecule has 5 aliphatic carbocycles. The highest BCUT2D eigenvalue weighted by molar-refractivity contribution is 5.79. The summed E-state index contributed by atoms with van der Waals surface area (Å²) in [6.07, 6.45) is -20.7. The van der Waals surface area contributed by atoms with Gasteiger partial charge in [0.25, 0.3) is 0 Å². The van der Waals surface area contributed by atoms with Crippen LogP contribution in [0.15, 0.2) is 11.6 Å². The lowest BCUT2D eigenvalue weighted by Crippen LogP contribution is -2.69. The van der Waals surface area contributed by atoms with Crippen molar-refractivity contribution in [1.82, 2.24) is 0 Å². The average Bonchev–Trinajstić information content (AvgIpc) is 3.30. The third kappa shape index (κ3) is 7.72. The van der Waals surface area contributed by atoms with Crippen LogP contribution in [-0.4, -0.2) is 203 Å². The van der Waals surface area contributed by atoms with Crippen molar-refractivity contribution in [2.75, 3.05) is 19.8 Å². The van der Waals surface area contributed by atoms with Crippen molar-refractivity contribution in [3.8, 4) is 0 Å². The molecule has 3 heterocycles. The number of aliphatic hydroxyl groups is 13. The fourth-order valence-corrected chi connectivity index (χ4v) is 15.0. The highest BCUT2D eigenvalue weighted by atomic mass is 16.8. The van der Waals surface area contributed by atoms with Gasteiger partial charge in [0.1, 0.15) is 67.1 Å². The van der Waals surface area contributed by atoms with Crippen molar-refractivity contribution in [2.45, 2.75) is 210 Å². The Morgan fingerprint density at radius 2 is 1.26 bits per heavy atom. The quantitative estimate of drug-likeness (QED) is 0.0681. The molecule has 0 amide bonds. The van der Waals surface area contributed by atoms with Gasteiger partial charge in [-0.05, 0) is 86.4 Å². The van der Waals surface area contributed by atoms with E-state index in [1.54, 1.807) is 13.8 Å². The number of fused-ring (bicyclic) bond motifs is 7. The molecule has 8 rings (SSSR count). The predicted molar refractivity (Wildman–Crippen MR) is 233 cm³/mol. The average molecular weight is 975 g/mol. The minimum absolute atomic E-state index is 0.0219. The zero-order valence-electron chi connectivity index (χ0n) is 40.2. The van der Waals surface area contributed by atoms with E-state index in [4.69, 9.17) is 28.4 Å². The number of aliphatic hydroxyl groups excluding tert-OH is 13. The van der Waals surface area contributed by atoms with Crippen LogP contribution in [0, 0.1) is 50.2 Å². The highest BCUT2D eigenvalue weighted by Crippen LogP contribution is 2.76. The standard InChI is InChI=1S/C48H78O20/c1-20-29(53)32(56)35(59)39(63-20)67-37-34(58)31(55)23(18-50)65-41(37)66-27-11-12-44(4)24(45(27,5)19-51)10-13-47(7)25(44)9-8-21-28-38(61)43(2,3)26(52)16-48(28,15-14-46(21,47)6)42(62)68-40-36(60)33(57)30(54)22(17-49)64-40/h8,20,22-41,49-61H,9-19H2,1-7H3/t20-,22+,23+,24?,25?,26?,27-,28?,29-,30+,31+,32+,33-,34-,35+,36+,37+,38?,39-,40-,41-,44-,45-,46+,47+,48+/m0/s1. The molecule has 0 spiro atoms. The lowest BCUT2D eigenvalue weighted by molar-refractivity contribution is -0.377. The lowest BCUT2D eigenvalue weighted by Gasteiger charge is -2.72. The Labute approximate surface area is 396 Å². The maximum absolute atomic E-state index is 14.8. The number of ether oxygens (including phenoxy) is 6. The van der Waals surface area contributed by atoms with E-state index < -0.39 is 168 Å². The minimum atomic E-state index is -1.84. The van der Waals surface area contributed by atoms with Crippen LogP contribution in [-0.2, 0) is 33.2 Å². The molecule has 13 N–H and O–H groups in total. The number of carbonyl (C=O) groups excluding carboxylic acids is 1. The van der Waals surface area contributed by atoms with E-state index in [0.29, 0.717) is 38.5 Å². The van der Waals surface area contributed by atoms with Crippen molar-refractivity contribution in [2.24, 2.45) is 50.2 Å². The SMILES string of the molecule is C[C@@H]1O[C@@H](O[C@H]2[C@H](O[C@H]3CC[C@@]4(C)C(CC[C@]5(C)C4CC=C4C6C(O)C(C)(C)C(O)C[C@]6(C(=O)O[C@@H]6O[C@H](CO)[C@@H](O)[C@H](O)[C@H]6O)CC[C@]45C)[C@]3(C)CO)O[C@H](CO)[C@@H](O)[C@@H]2O)[C@H](O)[C@H](O)[C@H]1O. The Kier molecular flexibility index (Phi) is 14.3. The first-order chi connectivity index (χ1) is 31.7. The Bertz CT molecular complexity index is 1870. The van der Waals surface area contributed by atoms with E-state index in [1.165, 1.54) is 6.92 Å². The lowest BCUT2D eigenvalue weighted by atomic mass is 9.33. The number of esters is 1. The zero-order valence-corrected chi connectivity index (χ0v) is 40.2. The van der Waals surface area contributed by atoms with Crippen LogP contribution in [0.5, 0.6) is 0 Å². The third-order valence-corrected chi connectivity index (χ3v) is 19.8. The molecule has 3 saturated heterocycles. The summed E-state index contributed by atoms with van der Waals surface area (Å²) in [5.41, 5.74) is -3.99. The second-order valence-electron chi connectivity index (χ2n) is 23.3. The summed E-state index contributed by atoms with van der Waals surface area (Å²) >= 11 is 0. The fraction of sp³-hybridized carbons (Fsp3) is 0.938. The van der Waals surface area contributed by atoms with Gasteiger partial charge in [-0.3, -0.25) is 4.79 Å². The summed E-state index contributed by atoms with van der Waals surface area (Å²) in [7, 11) is 0. The van der Waals surface area contributed by atoms with Crippen LogP contribution in [0.25, 0.3) is 0 Å². The molecule has 0 bridgehead atoms. The summed E-state index contributed by atoms with van der Waals surface area (Å²) < 4.78 is 35.9. The Hall–Kier alpha value is -1.51. The number of carbonyl (C=O) groups is 1. The van der Waals surface area contributed by atoms with Gasteiger partial charge < -0.3 is 94.8 Å².